The zero-order valence-corrected chi connectivity index (χ0v) is 10.5. The molecular formula is C13H18N2O3. The second-order valence-corrected chi connectivity index (χ2v) is 4.37. The predicted octanol–water partition coefficient (Wildman–Crippen LogP) is 0.799. The summed E-state index contributed by atoms with van der Waals surface area (Å²) in [6, 6.07) is 5.28. The van der Waals surface area contributed by atoms with Gasteiger partial charge in [-0.2, -0.15) is 0 Å². The quantitative estimate of drug-likeness (QED) is 0.827. The number of carbonyl (C=O) groups is 1. The first-order valence-corrected chi connectivity index (χ1v) is 6.04. The van der Waals surface area contributed by atoms with Crippen molar-refractivity contribution >= 4 is 5.97 Å². The van der Waals surface area contributed by atoms with Gasteiger partial charge in [-0.05, 0) is 17.7 Å². The molecule has 0 atom stereocenters. The number of carboxylic acid groups (broad SMARTS) is 1. The maximum absolute atomic E-state index is 11.0. The molecule has 1 fully saturated rings. The molecule has 0 radical (unpaired) electrons. The minimum absolute atomic E-state index is 0.210. The molecule has 1 aromatic carbocycles. The van der Waals surface area contributed by atoms with Gasteiger partial charge in [0.1, 0.15) is 11.3 Å². The third-order valence-corrected chi connectivity index (χ3v) is 3.11. The van der Waals surface area contributed by atoms with E-state index >= 15 is 0 Å². The van der Waals surface area contributed by atoms with E-state index in [-0.39, 0.29) is 5.56 Å². The van der Waals surface area contributed by atoms with Gasteiger partial charge in [0.15, 0.2) is 0 Å². The van der Waals surface area contributed by atoms with Gasteiger partial charge in [0.05, 0.1) is 7.11 Å². The van der Waals surface area contributed by atoms with E-state index in [4.69, 9.17) is 9.84 Å². The van der Waals surface area contributed by atoms with Crippen LogP contribution in [0, 0.1) is 0 Å². The smallest absolute Gasteiger partial charge is 0.339 e. The van der Waals surface area contributed by atoms with E-state index < -0.39 is 5.97 Å². The van der Waals surface area contributed by atoms with Crippen molar-refractivity contribution in [2.45, 2.75) is 6.54 Å². The van der Waals surface area contributed by atoms with Crippen LogP contribution in [0.2, 0.25) is 0 Å². The molecular weight excluding hydrogens is 232 g/mol. The molecule has 18 heavy (non-hydrogen) atoms. The largest absolute Gasteiger partial charge is 0.496 e. The lowest BCUT2D eigenvalue weighted by Gasteiger charge is -2.27. The van der Waals surface area contributed by atoms with Gasteiger partial charge in [-0.3, -0.25) is 4.90 Å². The molecule has 5 heteroatoms. The Morgan fingerprint density at radius 3 is 2.78 bits per heavy atom. The third-order valence-electron chi connectivity index (χ3n) is 3.11. The highest BCUT2D eigenvalue weighted by Gasteiger charge is 2.14. The number of rotatable bonds is 4. The highest BCUT2D eigenvalue weighted by molar-refractivity contribution is 5.90. The van der Waals surface area contributed by atoms with E-state index in [9.17, 15) is 4.79 Å². The Kier molecular flexibility index (Phi) is 4.17. The number of carboxylic acids is 1. The predicted molar refractivity (Wildman–Crippen MR) is 68.1 cm³/mol. The van der Waals surface area contributed by atoms with Gasteiger partial charge in [0.2, 0.25) is 0 Å². The number of ether oxygens (including phenoxy) is 1. The van der Waals surface area contributed by atoms with E-state index in [1.165, 1.54) is 7.11 Å². The maximum atomic E-state index is 11.0. The second kappa shape index (κ2) is 5.84. The number of aromatic carboxylic acids is 1. The van der Waals surface area contributed by atoms with Gasteiger partial charge < -0.3 is 15.2 Å². The molecule has 0 saturated carbocycles. The van der Waals surface area contributed by atoms with Crippen molar-refractivity contribution in [3.63, 3.8) is 0 Å². The number of nitrogens with zero attached hydrogens (tertiary/aromatic N) is 1. The molecule has 0 amide bonds. The molecule has 0 aromatic heterocycles. The first-order valence-electron chi connectivity index (χ1n) is 6.04. The van der Waals surface area contributed by atoms with Crippen LogP contribution in [-0.4, -0.2) is 49.3 Å². The normalized spacial score (nSPS) is 16.5. The van der Waals surface area contributed by atoms with Gasteiger partial charge in [-0.15, -0.1) is 0 Å². The lowest BCUT2D eigenvalue weighted by atomic mass is 10.1. The van der Waals surface area contributed by atoms with E-state index in [0.717, 1.165) is 38.3 Å². The zero-order valence-electron chi connectivity index (χ0n) is 10.5. The minimum atomic E-state index is -0.958. The summed E-state index contributed by atoms with van der Waals surface area (Å²) >= 11 is 0. The molecule has 0 unspecified atom stereocenters. The summed E-state index contributed by atoms with van der Waals surface area (Å²) in [5.41, 5.74) is 1.29. The maximum Gasteiger partial charge on any atom is 0.339 e. The third kappa shape index (κ3) is 3.00. The number of methoxy groups -OCH3 is 1. The number of nitrogens with one attached hydrogen (secondary N) is 1. The summed E-state index contributed by atoms with van der Waals surface area (Å²) < 4.78 is 5.12. The topological polar surface area (TPSA) is 61.8 Å². The summed E-state index contributed by atoms with van der Waals surface area (Å²) in [6.45, 7) is 4.87. The van der Waals surface area contributed by atoms with Crippen LogP contribution in [0.5, 0.6) is 5.75 Å². The standard InChI is InChI=1S/C13H18N2O3/c1-18-12-8-10(2-3-11(12)13(16)17)9-15-6-4-14-5-7-15/h2-3,8,14H,4-7,9H2,1H3,(H,16,17). The van der Waals surface area contributed by atoms with Crippen LogP contribution in [0.4, 0.5) is 0 Å². The molecule has 2 rings (SSSR count). The van der Waals surface area contributed by atoms with Crippen LogP contribution >= 0.6 is 0 Å². The van der Waals surface area contributed by atoms with Crippen LogP contribution in [0.3, 0.4) is 0 Å². The molecule has 0 bridgehead atoms. The Labute approximate surface area is 106 Å². The Hall–Kier alpha value is -1.59. The minimum Gasteiger partial charge on any atom is -0.496 e. The lowest BCUT2D eigenvalue weighted by Crippen LogP contribution is -2.42. The average molecular weight is 250 g/mol. The van der Waals surface area contributed by atoms with Crippen molar-refractivity contribution in [2.24, 2.45) is 0 Å². The zero-order chi connectivity index (χ0) is 13.0. The average Bonchev–Trinajstić information content (AvgIpc) is 2.39. The fourth-order valence-corrected chi connectivity index (χ4v) is 2.14. The van der Waals surface area contributed by atoms with Gasteiger partial charge in [-0.25, -0.2) is 4.79 Å². The molecule has 1 heterocycles. The molecule has 0 aliphatic carbocycles. The first kappa shape index (κ1) is 12.9. The van der Waals surface area contributed by atoms with E-state index in [1.54, 1.807) is 6.07 Å². The van der Waals surface area contributed by atoms with Crippen LogP contribution in [0.15, 0.2) is 18.2 Å². The molecule has 0 spiro atoms. The van der Waals surface area contributed by atoms with Crippen LogP contribution in [0.25, 0.3) is 0 Å². The van der Waals surface area contributed by atoms with E-state index in [2.05, 4.69) is 10.2 Å². The molecule has 1 aliphatic heterocycles. The number of hydrogen-bond acceptors (Lipinski definition) is 4. The van der Waals surface area contributed by atoms with Crippen molar-refractivity contribution < 1.29 is 14.6 Å². The molecule has 1 aromatic rings. The fraction of sp³-hybridized carbons (Fsp3) is 0.462. The van der Waals surface area contributed by atoms with E-state index in [0.29, 0.717) is 5.75 Å². The Morgan fingerprint density at radius 1 is 1.44 bits per heavy atom. The number of piperazine rings is 1. The molecule has 5 nitrogen and oxygen atoms in total. The van der Waals surface area contributed by atoms with Gasteiger partial charge in [0.25, 0.3) is 0 Å². The Morgan fingerprint density at radius 2 is 2.17 bits per heavy atom. The summed E-state index contributed by atoms with van der Waals surface area (Å²) in [5, 5.41) is 12.3. The highest BCUT2D eigenvalue weighted by Crippen LogP contribution is 2.21. The van der Waals surface area contributed by atoms with Gasteiger partial charge >= 0.3 is 5.97 Å². The van der Waals surface area contributed by atoms with Crippen LogP contribution in [0.1, 0.15) is 15.9 Å². The van der Waals surface area contributed by atoms with Crippen molar-refractivity contribution in [3.05, 3.63) is 29.3 Å². The molecule has 1 saturated heterocycles. The van der Waals surface area contributed by atoms with Gasteiger partial charge in [0, 0.05) is 32.7 Å². The molecule has 98 valence electrons. The summed E-state index contributed by atoms with van der Waals surface area (Å²) in [5.74, 6) is -0.532. The first-order chi connectivity index (χ1) is 8.70. The monoisotopic (exact) mass is 250 g/mol. The second-order valence-electron chi connectivity index (χ2n) is 4.37. The van der Waals surface area contributed by atoms with Crippen LogP contribution < -0.4 is 10.1 Å². The summed E-state index contributed by atoms with van der Waals surface area (Å²) in [6.07, 6.45) is 0. The van der Waals surface area contributed by atoms with Crippen LogP contribution in [-0.2, 0) is 6.54 Å². The Balaban J connectivity index is 2.11. The summed E-state index contributed by atoms with van der Waals surface area (Å²) in [4.78, 5) is 13.3. The highest BCUT2D eigenvalue weighted by atomic mass is 16.5. The molecule has 2 N–H and O–H groups in total. The summed E-state index contributed by atoms with van der Waals surface area (Å²) in [7, 11) is 1.50. The fourth-order valence-electron chi connectivity index (χ4n) is 2.14. The lowest BCUT2D eigenvalue weighted by molar-refractivity contribution is 0.0693. The Bertz CT molecular complexity index is 428. The van der Waals surface area contributed by atoms with Crippen molar-refractivity contribution in [1.82, 2.24) is 10.2 Å². The SMILES string of the molecule is COc1cc(CN2CCNCC2)ccc1C(=O)O. The number of benzene rings is 1. The van der Waals surface area contributed by atoms with Gasteiger partial charge in [-0.1, -0.05) is 6.07 Å². The van der Waals surface area contributed by atoms with Crippen molar-refractivity contribution in [3.8, 4) is 5.75 Å². The number of hydrogen-bond donors (Lipinski definition) is 2. The van der Waals surface area contributed by atoms with Crippen molar-refractivity contribution in [1.29, 1.82) is 0 Å². The van der Waals surface area contributed by atoms with E-state index in [1.807, 2.05) is 12.1 Å². The molecule has 1 aliphatic rings. The van der Waals surface area contributed by atoms with Crippen molar-refractivity contribution in [2.75, 3.05) is 33.3 Å².